The maximum absolute atomic E-state index is 5.74. The average Bonchev–Trinajstić information content (AvgIpc) is 2.34. The van der Waals surface area contributed by atoms with Gasteiger partial charge >= 0.3 is 0 Å². The number of rotatable bonds is 7. The zero-order chi connectivity index (χ0) is 12.7. The molecule has 0 aromatic heterocycles. The number of hydrogen-bond acceptors (Lipinski definition) is 2. The molecule has 17 heavy (non-hydrogen) atoms. The second kappa shape index (κ2) is 7.33. The van der Waals surface area contributed by atoms with Crippen LogP contribution >= 0.6 is 0 Å². The Labute approximate surface area is 105 Å². The maximum atomic E-state index is 5.74. The van der Waals surface area contributed by atoms with E-state index < -0.39 is 0 Å². The molecule has 0 fully saturated rings. The van der Waals surface area contributed by atoms with Crippen LogP contribution in [0.5, 0.6) is 5.75 Å². The van der Waals surface area contributed by atoms with E-state index in [-0.39, 0.29) is 6.04 Å². The Morgan fingerprint density at radius 2 is 1.82 bits per heavy atom. The zero-order valence-electron chi connectivity index (χ0n) is 11.3. The molecule has 1 aromatic carbocycles. The summed E-state index contributed by atoms with van der Waals surface area (Å²) in [6.45, 7) is 7.24. The summed E-state index contributed by atoms with van der Waals surface area (Å²) in [5.41, 5.74) is 7.07. The van der Waals surface area contributed by atoms with Gasteiger partial charge in [0.15, 0.2) is 0 Å². The molecule has 96 valence electrons. The van der Waals surface area contributed by atoms with Gasteiger partial charge in [-0.2, -0.15) is 0 Å². The monoisotopic (exact) mass is 235 g/mol. The molecule has 0 bridgehead atoms. The fraction of sp³-hybridized carbons (Fsp3) is 0.600. The first kappa shape index (κ1) is 14.0. The zero-order valence-corrected chi connectivity index (χ0v) is 11.3. The molecule has 0 aliphatic carbocycles. The lowest BCUT2D eigenvalue weighted by Gasteiger charge is -2.11. The highest BCUT2D eigenvalue weighted by molar-refractivity contribution is 5.27. The van der Waals surface area contributed by atoms with Crippen LogP contribution in [0.2, 0.25) is 0 Å². The van der Waals surface area contributed by atoms with Gasteiger partial charge in [0, 0.05) is 6.04 Å². The van der Waals surface area contributed by atoms with E-state index in [0.29, 0.717) is 5.92 Å². The molecule has 0 aliphatic heterocycles. The SMILES string of the molecule is CCC(C)COc1ccc(CCC(C)N)cc1. The summed E-state index contributed by atoms with van der Waals surface area (Å²) in [6.07, 6.45) is 3.24. The Balaban J connectivity index is 2.39. The molecule has 0 spiro atoms. The summed E-state index contributed by atoms with van der Waals surface area (Å²) in [5.74, 6) is 1.59. The molecule has 2 heteroatoms. The Morgan fingerprint density at radius 1 is 1.18 bits per heavy atom. The minimum absolute atomic E-state index is 0.274. The van der Waals surface area contributed by atoms with Crippen LogP contribution in [0.1, 0.15) is 39.2 Å². The van der Waals surface area contributed by atoms with Gasteiger partial charge in [-0.15, -0.1) is 0 Å². The Hall–Kier alpha value is -1.02. The van der Waals surface area contributed by atoms with Crippen LogP contribution in [0.3, 0.4) is 0 Å². The number of benzene rings is 1. The smallest absolute Gasteiger partial charge is 0.119 e. The predicted molar refractivity (Wildman–Crippen MR) is 73.4 cm³/mol. The van der Waals surface area contributed by atoms with E-state index in [2.05, 4.69) is 38.1 Å². The molecule has 2 unspecified atom stereocenters. The van der Waals surface area contributed by atoms with E-state index in [0.717, 1.165) is 31.6 Å². The molecule has 0 saturated carbocycles. The van der Waals surface area contributed by atoms with Crippen LogP contribution in [0.15, 0.2) is 24.3 Å². The molecular formula is C15H25NO. The Bertz CT molecular complexity index is 305. The lowest BCUT2D eigenvalue weighted by Crippen LogP contribution is -2.15. The molecule has 0 radical (unpaired) electrons. The summed E-state index contributed by atoms with van der Waals surface area (Å²) in [5, 5.41) is 0. The van der Waals surface area contributed by atoms with Crippen LogP contribution in [0.25, 0.3) is 0 Å². The lowest BCUT2D eigenvalue weighted by molar-refractivity contribution is 0.256. The fourth-order valence-electron chi connectivity index (χ4n) is 1.50. The highest BCUT2D eigenvalue weighted by Gasteiger charge is 2.01. The van der Waals surface area contributed by atoms with Gasteiger partial charge in [0.25, 0.3) is 0 Å². The number of hydrogen-bond donors (Lipinski definition) is 1. The van der Waals surface area contributed by atoms with Crippen molar-refractivity contribution in [3.05, 3.63) is 29.8 Å². The standard InChI is InChI=1S/C15H25NO/c1-4-12(2)11-17-15-9-7-14(8-10-15)6-5-13(3)16/h7-10,12-13H,4-6,11,16H2,1-3H3. The summed E-state index contributed by atoms with van der Waals surface area (Å²) in [4.78, 5) is 0. The third-order valence-electron chi connectivity index (χ3n) is 3.04. The summed E-state index contributed by atoms with van der Waals surface area (Å²) >= 11 is 0. The molecule has 1 rings (SSSR count). The maximum Gasteiger partial charge on any atom is 0.119 e. The van der Waals surface area contributed by atoms with Gasteiger partial charge < -0.3 is 10.5 Å². The van der Waals surface area contributed by atoms with Crippen molar-refractivity contribution in [1.29, 1.82) is 0 Å². The molecule has 2 atom stereocenters. The third kappa shape index (κ3) is 5.73. The van der Waals surface area contributed by atoms with E-state index >= 15 is 0 Å². The van der Waals surface area contributed by atoms with Crippen LogP contribution in [0.4, 0.5) is 0 Å². The minimum atomic E-state index is 0.274. The second-order valence-electron chi connectivity index (χ2n) is 4.98. The molecule has 1 aromatic rings. The molecular weight excluding hydrogens is 210 g/mol. The second-order valence-corrected chi connectivity index (χ2v) is 4.98. The summed E-state index contributed by atoms with van der Waals surface area (Å²) < 4.78 is 5.71. The van der Waals surface area contributed by atoms with E-state index in [1.807, 2.05) is 6.92 Å². The van der Waals surface area contributed by atoms with Gasteiger partial charge in [-0.25, -0.2) is 0 Å². The molecule has 2 nitrogen and oxygen atoms in total. The van der Waals surface area contributed by atoms with Crippen molar-refractivity contribution in [3.63, 3.8) is 0 Å². The number of ether oxygens (including phenoxy) is 1. The van der Waals surface area contributed by atoms with Crippen molar-refractivity contribution in [2.75, 3.05) is 6.61 Å². The quantitative estimate of drug-likeness (QED) is 0.786. The normalized spacial score (nSPS) is 14.4. The van der Waals surface area contributed by atoms with Crippen molar-refractivity contribution < 1.29 is 4.74 Å². The first-order valence-electron chi connectivity index (χ1n) is 6.59. The molecule has 2 N–H and O–H groups in total. The minimum Gasteiger partial charge on any atom is -0.493 e. The predicted octanol–water partition coefficient (Wildman–Crippen LogP) is 3.39. The van der Waals surface area contributed by atoms with Crippen LogP contribution in [-0.2, 0) is 6.42 Å². The van der Waals surface area contributed by atoms with E-state index in [1.165, 1.54) is 5.56 Å². The van der Waals surface area contributed by atoms with E-state index in [1.54, 1.807) is 0 Å². The largest absolute Gasteiger partial charge is 0.493 e. The van der Waals surface area contributed by atoms with Crippen molar-refractivity contribution in [3.8, 4) is 5.75 Å². The first-order chi connectivity index (χ1) is 8.11. The molecule has 0 saturated heterocycles. The topological polar surface area (TPSA) is 35.2 Å². The van der Waals surface area contributed by atoms with E-state index in [9.17, 15) is 0 Å². The van der Waals surface area contributed by atoms with Crippen molar-refractivity contribution in [1.82, 2.24) is 0 Å². The van der Waals surface area contributed by atoms with Gasteiger partial charge in [0.05, 0.1) is 6.61 Å². The highest BCUT2D eigenvalue weighted by atomic mass is 16.5. The van der Waals surface area contributed by atoms with Crippen molar-refractivity contribution >= 4 is 0 Å². The van der Waals surface area contributed by atoms with Gasteiger partial charge in [0.2, 0.25) is 0 Å². The summed E-state index contributed by atoms with van der Waals surface area (Å²) in [6, 6.07) is 8.65. The van der Waals surface area contributed by atoms with Crippen molar-refractivity contribution in [2.45, 2.75) is 46.1 Å². The van der Waals surface area contributed by atoms with Gasteiger partial charge in [-0.05, 0) is 43.4 Å². The van der Waals surface area contributed by atoms with E-state index in [4.69, 9.17) is 10.5 Å². The van der Waals surface area contributed by atoms with Crippen molar-refractivity contribution in [2.24, 2.45) is 11.7 Å². The number of aryl methyl sites for hydroxylation is 1. The molecule has 0 heterocycles. The third-order valence-corrected chi connectivity index (χ3v) is 3.04. The average molecular weight is 235 g/mol. The summed E-state index contributed by atoms with van der Waals surface area (Å²) in [7, 11) is 0. The fourth-order valence-corrected chi connectivity index (χ4v) is 1.50. The van der Waals surface area contributed by atoms with Crippen LogP contribution < -0.4 is 10.5 Å². The Kier molecular flexibility index (Phi) is 6.06. The lowest BCUT2D eigenvalue weighted by atomic mass is 10.1. The molecule has 0 aliphatic rings. The van der Waals surface area contributed by atoms with Gasteiger partial charge in [0.1, 0.15) is 5.75 Å². The first-order valence-corrected chi connectivity index (χ1v) is 6.59. The Morgan fingerprint density at radius 3 is 2.35 bits per heavy atom. The number of nitrogens with two attached hydrogens (primary N) is 1. The molecule has 0 amide bonds. The highest BCUT2D eigenvalue weighted by Crippen LogP contribution is 2.15. The van der Waals surface area contributed by atoms with Crippen LogP contribution in [-0.4, -0.2) is 12.6 Å². The van der Waals surface area contributed by atoms with Gasteiger partial charge in [-0.3, -0.25) is 0 Å². The van der Waals surface area contributed by atoms with Crippen LogP contribution in [0, 0.1) is 5.92 Å². The van der Waals surface area contributed by atoms with Gasteiger partial charge in [-0.1, -0.05) is 32.4 Å².